The van der Waals surface area contributed by atoms with Crippen molar-refractivity contribution in [3.63, 3.8) is 0 Å². The van der Waals surface area contributed by atoms with Gasteiger partial charge in [-0.05, 0) is 36.8 Å². The van der Waals surface area contributed by atoms with Crippen LogP contribution in [0.15, 0.2) is 41.3 Å². The molecule has 142 valence electrons. The van der Waals surface area contributed by atoms with Crippen LogP contribution in [-0.4, -0.2) is 32.4 Å². The highest BCUT2D eigenvalue weighted by Crippen LogP contribution is 2.34. The van der Waals surface area contributed by atoms with Crippen LogP contribution in [0.5, 0.6) is 5.75 Å². The first-order valence-corrected chi connectivity index (χ1v) is 11.0. The van der Waals surface area contributed by atoms with Crippen LogP contribution < -0.4 is 4.74 Å². The Kier molecular flexibility index (Phi) is 5.88. The summed E-state index contributed by atoms with van der Waals surface area (Å²) < 4.78 is 34.3. The maximum Gasteiger partial charge on any atom is 0.243 e. The Morgan fingerprint density at radius 3 is 2.35 bits per heavy atom. The Morgan fingerprint density at radius 1 is 1.04 bits per heavy atom. The van der Waals surface area contributed by atoms with E-state index in [0.717, 1.165) is 35.8 Å². The molecule has 0 aliphatic carbocycles. The van der Waals surface area contributed by atoms with E-state index < -0.39 is 10.0 Å². The first-order chi connectivity index (χ1) is 12.4. The third kappa shape index (κ3) is 3.89. The molecule has 0 saturated carbocycles. The Hall–Kier alpha value is -1.59. The summed E-state index contributed by atoms with van der Waals surface area (Å²) in [5.74, 6) is 1.53. The van der Waals surface area contributed by atoms with Gasteiger partial charge >= 0.3 is 0 Å². The van der Waals surface area contributed by atoms with E-state index in [1.165, 1.54) is 0 Å². The van der Waals surface area contributed by atoms with Gasteiger partial charge in [0.1, 0.15) is 5.75 Å². The Bertz CT molecular complexity index is 853. The number of hydrogen-bond donors (Lipinski definition) is 0. The number of benzene rings is 2. The number of rotatable bonds is 6. The molecule has 1 heterocycles. The standard InChI is InChI=1S/C21H29NO3S/c1-4-5-12-25-20-10-11-21(19-9-7-6-8-18(19)20)26(23,24)22-14-16(2)13-17(3)15-22/h6-11,16-17H,4-5,12-15H2,1-3H3/t16-,17-/m0/s1. The zero-order valence-electron chi connectivity index (χ0n) is 15.9. The van der Waals surface area contributed by atoms with Crippen LogP contribution in [0.1, 0.15) is 40.0 Å². The second-order valence-corrected chi connectivity index (χ2v) is 9.48. The van der Waals surface area contributed by atoms with Crippen molar-refractivity contribution in [3.05, 3.63) is 36.4 Å². The summed E-state index contributed by atoms with van der Waals surface area (Å²) in [6.45, 7) is 8.21. The molecule has 0 amide bonds. The minimum Gasteiger partial charge on any atom is -0.493 e. The van der Waals surface area contributed by atoms with E-state index in [1.54, 1.807) is 10.4 Å². The Morgan fingerprint density at radius 2 is 1.69 bits per heavy atom. The highest BCUT2D eigenvalue weighted by molar-refractivity contribution is 7.89. The molecule has 0 spiro atoms. The lowest BCUT2D eigenvalue weighted by Crippen LogP contribution is -2.42. The molecule has 0 aromatic heterocycles. The molecule has 1 saturated heterocycles. The topological polar surface area (TPSA) is 46.6 Å². The van der Waals surface area contributed by atoms with Crippen molar-refractivity contribution in [1.82, 2.24) is 4.31 Å². The van der Waals surface area contributed by atoms with E-state index in [1.807, 2.05) is 30.3 Å². The number of unbranched alkanes of at least 4 members (excludes halogenated alkanes) is 1. The molecule has 1 aliphatic rings. The monoisotopic (exact) mass is 375 g/mol. The summed E-state index contributed by atoms with van der Waals surface area (Å²) in [5.41, 5.74) is 0. The van der Waals surface area contributed by atoms with Crippen molar-refractivity contribution in [2.45, 2.75) is 44.9 Å². The van der Waals surface area contributed by atoms with Crippen molar-refractivity contribution in [1.29, 1.82) is 0 Å². The molecule has 1 fully saturated rings. The lowest BCUT2D eigenvalue weighted by molar-refractivity contribution is 0.222. The van der Waals surface area contributed by atoms with Gasteiger partial charge in [-0.1, -0.05) is 51.5 Å². The van der Waals surface area contributed by atoms with Crippen molar-refractivity contribution < 1.29 is 13.2 Å². The molecule has 0 N–H and O–H groups in total. The SMILES string of the molecule is CCCCOc1ccc(S(=O)(=O)N2C[C@@H](C)C[C@H](C)C2)c2ccccc12. The second kappa shape index (κ2) is 7.97. The quantitative estimate of drug-likeness (QED) is 0.689. The van der Waals surface area contributed by atoms with Gasteiger partial charge in [0.2, 0.25) is 10.0 Å². The second-order valence-electron chi connectivity index (χ2n) is 7.58. The van der Waals surface area contributed by atoms with Gasteiger partial charge in [-0.25, -0.2) is 8.42 Å². The van der Waals surface area contributed by atoms with Crippen LogP contribution in [0.3, 0.4) is 0 Å². The van der Waals surface area contributed by atoms with Gasteiger partial charge in [0.15, 0.2) is 0 Å². The summed E-state index contributed by atoms with van der Waals surface area (Å²) in [7, 11) is -3.52. The Labute approximate surface area is 157 Å². The summed E-state index contributed by atoms with van der Waals surface area (Å²) in [4.78, 5) is 0.386. The number of hydrogen-bond acceptors (Lipinski definition) is 3. The van der Waals surface area contributed by atoms with Crippen molar-refractivity contribution in [2.24, 2.45) is 11.8 Å². The number of piperidine rings is 1. The molecule has 0 radical (unpaired) electrons. The molecule has 5 heteroatoms. The molecule has 0 bridgehead atoms. The fourth-order valence-corrected chi connectivity index (χ4v) is 5.74. The first kappa shape index (κ1) is 19.2. The van der Waals surface area contributed by atoms with Gasteiger partial charge in [-0.15, -0.1) is 0 Å². The number of fused-ring (bicyclic) bond motifs is 1. The Balaban J connectivity index is 2.01. The number of nitrogens with zero attached hydrogens (tertiary/aromatic N) is 1. The van der Waals surface area contributed by atoms with Crippen molar-refractivity contribution >= 4 is 20.8 Å². The normalized spacial score (nSPS) is 21.8. The summed E-state index contributed by atoms with van der Waals surface area (Å²) in [5, 5.41) is 1.61. The maximum absolute atomic E-state index is 13.3. The summed E-state index contributed by atoms with van der Waals surface area (Å²) in [6.07, 6.45) is 3.13. The maximum atomic E-state index is 13.3. The minimum atomic E-state index is -3.52. The number of ether oxygens (including phenoxy) is 1. The molecule has 1 aliphatic heterocycles. The molecule has 4 nitrogen and oxygen atoms in total. The van der Waals surface area contributed by atoms with Crippen LogP contribution in [-0.2, 0) is 10.0 Å². The van der Waals surface area contributed by atoms with E-state index in [2.05, 4.69) is 20.8 Å². The van der Waals surface area contributed by atoms with Gasteiger partial charge in [0, 0.05) is 23.9 Å². The summed E-state index contributed by atoms with van der Waals surface area (Å²) in [6, 6.07) is 11.2. The third-order valence-electron chi connectivity index (χ3n) is 5.05. The lowest BCUT2D eigenvalue weighted by atomic mass is 9.94. The van der Waals surface area contributed by atoms with Crippen molar-refractivity contribution in [2.75, 3.05) is 19.7 Å². The van der Waals surface area contributed by atoms with E-state index in [4.69, 9.17) is 4.74 Å². The van der Waals surface area contributed by atoms with E-state index in [-0.39, 0.29) is 0 Å². The highest BCUT2D eigenvalue weighted by atomic mass is 32.2. The molecule has 0 unspecified atom stereocenters. The average Bonchev–Trinajstić information content (AvgIpc) is 2.61. The third-order valence-corrected chi connectivity index (χ3v) is 6.94. The zero-order chi connectivity index (χ0) is 18.7. The molecule has 2 aromatic carbocycles. The van der Waals surface area contributed by atoms with Gasteiger partial charge in [-0.3, -0.25) is 0 Å². The molecular formula is C21H29NO3S. The predicted octanol–water partition coefficient (Wildman–Crippen LogP) is 4.69. The molecule has 26 heavy (non-hydrogen) atoms. The number of sulfonamides is 1. The fourth-order valence-electron chi connectivity index (χ4n) is 3.86. The lowest BCUT2D eigenvalue weighted by Gasteiger charge is -2.34. The van der Waals surface area contributed by atoms with E-state index >= 15 is 0 Å². The molecule has 3 rings (SSSR count). The van der Waals surface area contributed by atoms with Gasteiger partial charge in [0.25, 0.3) is 0 Å². The zero-order valence-corrected chi connectivity index (χ0v) is 16.8. The van der Waals surface area contributed by atoms with Crippen molar-refractivity contribution in [3.8, 4) is 5.75 Å². The summed E-state index contributed by atoms with van der Waals surface area (Å²) >= 11 is 0. The van der Waals surface area contributed by atoms with E-state index in [9.17, 15) is 8.42 Å². The van der Waals surface area contributed by atoms with Crippen LogP contribution in [0, 0.1) is 11.8 Å². The van der Waals surface area contributed by atoms with Crippen LogP contribution >= 0.6 is 0 Å². The molecule has 2 aromatic rings. The fraction of sp³-hybridized carbons (Fsp3) is 0.524. The highest BCUT2D eigenvalue weighted by Gasteiger charge is 2.32. The van der Waals surface area contributed by atoms with Crippen LogP contribution in [0.2, 0.25) is 0 Å². The molecular weight excluding hydrogens is 346 g/mol. The smallest absolute Gasteiger partial charge is 0.243 e. The van der Waals surface area contributed by atoms with Crippen LogP contribution in [0.4, 0.5) is 0 Å². The first-order valence-electron chi connectivity index (χ1n) is 9.58. The van der Waals surface area contributed by atoms with E-state index in [0.29, 0.717) is 36.4 Å². The predicted molar refractivity (Wildman–Crippen MR) is 106 cm³/mol. The van der Waals surface area contributed by atoms with Gasteiger partial charge < -0.3 is 4.74 Å². The average molecular weight is 376 g/mol. The largest absolute Gasteiger partial charge is 0.493 e. The van der Waals surface area contributed by atoms with Gasteiger partial charge in [-0.2, -0.15) is 4.31 Å². The van der Waals surface area contributed by atoms with Crippen LogP contribution in [0.25, 0.3) is 10.8 Å². The minimum absolute atomic E-state index is 0.386. The molecule has 2 atom stereocenters. The van der Waals surface area contributed by atoms with Gasteiger partial charge in [0.05, 0.1) is 11.5 Å².